The van der Waals surface area contributed by atoms with E-state index in [9.17, 15) is 4.79 Å². The van der Waals surface area contributed by atoms with E-state index in [1.54, 1.807) is 6.07 Å². The van der Waals surface area contributed by atoms with Gasteiger partial charge in [0.15, 0.2) is 5.11 Å². The van der Waals surface area contributed by atoms with Crippen molar-refractivity contribution < 1.29 is 9.53 Å². The fourth-order valence-corrected chi connectivity index (χ4v) is 2.68. The summed E-state index contributed by atoms with van der Waals surface area (Å²) in [6.07, 6.45) is 0.586. The van der Waals surface area contributed by atoms with Gasteiger partial charge in [-0.15, -0.1) is 0 Å². The van der Waals surface area contributed by atoms with Gasteiger partial charge < -0.3 is 10.1 Å². The summed E-state index contributed by atoms with van der Waals surface area (Å²) in [4.78, 5) is 12.2. The lowest BCUT2D eigenvalue weighted by molar-refractivity contribution is -0.126. The molecule has 1 amide bonds. The maximum atomic E-state index is 12.2. The van der Waals surface area contributed by atoms with Crippen molar-refractivity contribution in [1.29, 1.82) is 0 Å². The van der Waals surface area contributed by atoms with Crippen LogP contribution in [0.4, 0.5) is 0 Å². The molecule has 120 valence electrons. The molecule has 1 aromatic carbocycles. The number of carbonyl (C=O) groups excluding carboxylic acids is 1. The van der Waals surface area contributed by atoms with Gasteiger partial charge in [-0.2, -0.15) is 0 Å². The molecule has 2 rings (SSSR count). The summed E-state index contributed by atoms with van der Waals surface area (Å²) in [7, 11) is 0. The first kappa shape index (κ1) is 16.8. The minimum absolute atomic E-state index is 0.163. The first-order valence-corrected chi connectivity index (χ1v) is 7.82. The molecule has 1 atom stereocenters. The van der Waals surface area contributed by atoms with E-state index in [1.165, 1.54) is 0 Å². The quantitative estimate of drug-likeness (QED) is 0.540. The Hall–Kier alpha value is -1.53. The van der Waals surface area contributed by atoms with E-state index in [2.05, 4.69) is 16.2 Å². The molecule has 7 heteroatoms. The van der Waals surface area contributed by atoms with E-state index in [0.717, 1.165) is 11.3 Å². The van der Waals surface area contributed by atoms with Gasteiger partial charge in [0.2, 0.25) is 5.91 Å². The van der Waals surface area contributed by atoms with Gasteiger partial charge in [0, 0.05) is 10.6 Å². The van der Waals surface area contributed by atoms with Crippen molar-refractivity contribution in [3.8, 4) is 5.75 Å². The van der Waals surface area contributed by atoms with Gasteiger partial charge in [-0.3, -0.25) is 15.6 Å². The van der Waals surface area contributed by atoms with Crippen LogP contribution in [0.25, 0.3) is 0 Å². The highest BCUT2D eigenvalue weighted by Gasteiger charge is 2.26. The van der Waals surface area contributed by atoms with Crippen LogP contribution in [0.3, 0.4) is 0 Å². The van der Waals surface area contributed by atoms with Gasteiger partial charge in [0.05, 0.1) is 5.92 Å². The summed E-state index contributed by atoms with van der Waals surface area (Å²) >= 11 is 11.1. The van der Waals surface area contributed by atoms with E-state index < -0.39 is 0 Å². The van der Waals surface area contributed by atoms with Crippen LogP contribution in [-0.2, 0) is 11.2 Å². The van der Waals surface area contributed by atoms with Crippen LogP contribution in [0.1, 0.15) is 26.3 Å². The molecule has 22 heavy (non-hydrogen) atoms. The van der Waals surface area contributed by atoms with Crippen molar-refractivity contribution in [1.82, 2.24) is 16.2 Å². The number of thiocarbonyl (C=S) groups is 1. The first-order valence-electron chi connectivity index (χ1n) is 7.04. The third-order valence-corrected chi connectivity index (χ3v) is 3.53. The molecule has 0 bridgehead atoms. The van der Waals surface area contributed by atoms with Crippen LogP contribution in [0.5, 0.6) is 5.75 Å². The van der Waals surface area contributed by atoms with Crippen molar-refractivity contribution in [3.63, 3.8) is 0 Å². The van der Waals surface area contributed by atoms with Crippen molar-refractivity contribution in [3.05, 3.63) is 28.8 Å². The molecule has 1 aliphatic rings. The smallest absolute Gasteiger partial charge is 0.245 e. The topological polar surface area (TPSA) is 62.4 Å². The lowest BCUT2D eigenvalue weighted by Gasteiger charge is -2.26. The van der Waals surface area contributed by atoms with Crippen LogP contribution in [0, 0.1) is 5.92 Å². The summed E-state index contributed by atoms with van der Waals surface area (Å²) in [6, 6.07) is 5.43. The highest BCUT2D eigenvalue weighted by molar-refractivity contribution is 7.80. The van der Waals surface area contributed by atoms with E-state index in [0.29, 0.717) is 23.2 Å². The van der Waals surface area contributed by atoms with Crippen LogP contribution in [0.15, 0.2) is 18.2 Å². The Morgan fingerprint density at radius 2 is 2.09 bits per heavy atom. The second-order valence-electron chi connectivity index (χ2n) is 6.28. The molecule has 0 aliphatic carbocycles. The lowest BCUT2D eigenvalue weighted by atomic mass is 9.96. The molecule has 0 saturated carbocycles. The lowest BCUT2D eigenvalue weighted by Crippen LogP contribution is -2.54. The van der Waals surface area contributed by atoms with E-state index in [1.807, 2.05) is 32.9 Å². The molecular weight excluding hydrogens is 322 g/mol. The zero-order chi connectivity index (χ0) is 16.3. The van der Waals surface area contributed by atoms with Gasteiger partial charge in [-0.05, 0) is 63.2 Å². The van der Waals surface area contributed by atoms with Crippen LogP contribution in [0.2, 0.25) is 5.02 Å². The maximum Gasteiger partial charge on any atom is 0.245 e. The molecule has 0 aromatic heterocycles. The van der Waals surface area contributed by atoms with E-state index in [-0.39, 0.29) is 17.4 Å². The average Bonchev–Trinajstić information content (AvgIpc) is 2.42. The Balaban J connectivity index is 1.88. The van der Waals surface area contributed by atoms with Crippen molar-refractivity contribution in [2.45, 2.75) is 32.7 Å². The van der Waals surface area contributed by atoms with Gasteiger partial charge >= 0.3 is 0 Å². The predicted molar refractivity (Wildman–Crippen MR) is 90.9 cm³/mol. The standard InChI is InChI=1S/C15H20ClN3O2S/c1-15(2,3)17-14(22)19-18-13(20)10-6-9-7-11(16)4-5-12(9)21-8-10/h4-5,7,10H,6,8H2,1-3H3,(H,18,20)(H2,17,19,22)/t10-/m0/s1. The summed E-state index contributed by atoms with van der Waals surface area (Å²) in [5, 5.41) is 4.07. The van der Waals surface area contributed by atoms with Gasteiger partial charge in [-0.25, -0.2) is 0 Å². The monoisotopic (exact) mass is 341 g/mol. The zero-order valence-electron chi connectivity index (χ0n) is 12.8. The predicted octanol–water partition coefficient (Wildman–Crippen LogP) is 2.18. The Kier molecular flexibility index (Phi) is 5.13. The zero-order valence-corrected chi connectivity index (χ0v) is 14.4. The third kappa shape index (κ3) is 4.74. The summed E-state index contributed by atoms with van der Waals surface area (Å²) < 4.78 is 5.60. The van der Waals surface area contributed by atoms with Crippen LogP contribution < -0.4 is 20.9 Å². The Morgan fingerprint density at radius 1 is 1.36 bits per heavy atom. The number of amides is 1. The minimum atomic E-state index is -0.282. The number of hydrogen-bond donors (Lipinski definition) is 3. The largest absolute Gasteiger partial charge is 0.492 e. The summed E-state index contributed by atoms with van der Waals surface area (Å²) in [5.41, 5.74) is 6.10. The van der Waals surface area contributed by atoms with Gasteiger partial charge in [-0.1, -0.05) is 11.6 Å². The number of halogens is 1. The fraction of sp³-hybridized carbons (Fsp3) is 0.467. The van der Waals surface area contributed by atoms with Crippen LogP contribution >= 0.6 is 23.8 Å². The summed E-state index contributed by atoms with van der Waals surface area (Å²) in [6.45, 7) is 6.29. The molecule has 1 aromatic rings. The fourth-order valence-electron chi connectivity index (χ4n) is 2.12. The molecular formula is C15H20ClN3O2S. The Labute approximate surface area is 140 Å². The molecule has 0 unspecified atom stereocenters. The number of nitrogens with one attached hydrogen (secondary N) is 3. The number of hydrogen-bond acceptors (Lipinski definition) is 3. The Morgan fingerprint density at radius 3 is 2.77 bits per heavy atom. The van der Waals surface area contributed by atoms with E-state index in [4.69, 9.17) is 28.6 Å². The number of fused-ring (bicyclic) bond motifs is 1. The molecule has 1 aliphatic heterocycles. The molecule has 1 heterocycles. The molecule has 5 nitrogen and oxygen atoms in total. The highest BCUT2D eigenvalue weighted by atomic mass is 35.5. The van der Waals surface area contributed by atoms with Crippen molar-refractivity contribution in [2.24, 2.45) is 5.92 Å². The summed E-state index contributed by atoms with van der Waals surface area (Å²) in [5.74, 6) is 0.339. The molecule has 0 spiro atoms. The molecule has 3 N–H and O–H groups in total. The number of rotatable bonds is 1. The van der Waals surface area contributed by atoms with Crippen molar-refractivity contribution in [2.75, 3.05) is 6.61 Å². The maximum absolute atomic E-state index is 12.2. The molecule has 0 fully saturated rings. The van der Waals surface area contributed by atoms with Crippen molar-refractivity contribution >= 4 is 34.8 Å². The van der Waals surface area contributed by atoms with E-state index >= 15 is 0 Å². The second-order valence-corrected chi connectivity index (χ2v) is 7.13. The second kappa shape index (κ2) is 6.71. The third-order valence-electron chi connectivity index (χ3n) is 3.09. The average molecular weight is 342 g/mol. The molecule has 0 radical (unpaired) electrons. The normalized spacial score (nSPS) is 17.0. The SMILES string of the molecule is CC(C)(C)NC(=S)NNC(=O)[C@@H]1COc2ccc(Cl)cc2C1. The first-order chi connectivity index (χ1) is 10.2. The number of benzene rings is 1. The highest BCUT2D eigenvalue weighted by Crippen LogP contribution is 2.29. The van der Waals surface area contributed by atoms with Gasteiger partial charge in [0.25, 0.3) is 0 Å². The minimum Gasteiger partial charge on any atom is -0.492 e. The van der Waals surface area contributed by atoms with Gasteiger partial charge in [0.1, 0.15) is 12.4 Å². The molecule has 0 saturated heterocycles. The van der Waals surface area contributed by atoms with Crippen LogP contribution in [-0.4, -0.2) is 23.2 Å². The number of hydrazine groups is 1. The number of ether oxygens (including phenoxy) is 1. The Bertz CT molecular complexity index is 587. The number of carbonyl (C=O) groups is 1.